The van der Waals surface area contributed by atoms with Gasteiger partial charge in [-0.3, -0.25) is 0 Å². The molecular formula is C12H13N3. The molecule has 0 bridgehead atoms. The molecule has 1 aromatic carbocycles. The number of aryl methyl sites for hydroxylation is 2. The maximum absolute atomic E-state index is 5.61. The minimum atomic E-state index is 0.325. The van der Waals surface area contributed by atoms with Crippen molar-refractivity contribution >= 4 is 5.95 Å². The van der Waals surface area contributed by atoms with Gasteiger partial charge in [0.25, 0.3) is 0 Å². The van der Waals surface area contributed by atoms with Crippen molar-refractivity contribution < 1.29 is 0 Å². The fourth-order valence-corrected chi connectivity index (χ4v) is 1.54. The number of hydrogen-bond acceptors (Lipinski definition) is 3. The van der Waals surface area contributed by atoms with Crippen LogP contribution in [0.1, 0.15) is 11.3 Å². The molecule has 0 aliphatic rings. The zero-order valence-corrected chi connectivity index (χ0v) is 8.86. The van der Waals surface area contributed by atoms with Crippen LogP contribution >= 0.6 is 0 Å². The summed E-state index contributed by atoms with van der Waals surface area (Å²) in [7, 11) is 0. The standard InChI is InChI=1S/C12H13N3/c1-8-4-3-5-10(6-8)11-7-9(2)14-12(13)15-11/h3-7H,1-2H3,(H2,13,14,15). The minimum absolute atomic E-state index is 0.325. The minimum Gasteiger partial charge on any atom is -0.368 e. The molecule has 2 N–H and O–H groups in total. The summed E-state index contributed by atoms with van der Waals surface area (Å²) in [6, 6.07) is 10.1. The molecule has 0 aliphatic carbocycles. The second-order valence-electron chi connectivity index (χ2n) is 3.62. The molecule has 0 amide bonds. The average molecular weight is 199 g/mol. The smallest absolute Gasteiger partial charge is 0.220 e. The van der Waals surface area contributed by atoms with Gasteiger partial charge in [0.1, 0.15) is 0 Å². The molecule has 0 aliphatic heterocycles. The monoisotopic (exact) mass is 199 g/mol. The van der Waals surface area contributed by atoms with E-state index in [1.807, 2.05) is 25.1 Å². The van der Waals surface area contributed by atoms with Crippen molar-refractivity contribution in [3.05, 3.63) is 41.6 Å². The van der Waals surface area contributed by atoms with Crippen LogP contribution in [0.3, 0.4) is 0 Å². The van der Waals surface area contributed by atoms with E-state index in [0.29, 0.717) is 5.95 Å². The Labute approximate surface area is 89.0 Å². The fourth-order valence-electron chi connectivity index (χ4n) is 1.54. The van der Waals surface area contributed by atoms with E-state index in [2.05, 4.69) is 29.0 Å². The highest BCUT2D eigenvalue weighted by molar-refractivity contribution is 5.61. The topological polar surface area (TPSA) is 51.8 Å². The van der Waals surface area contributed by atoms with Crippen molar-refractivity contribution in [2.45, 2.75) is 13.8 Å². The number of aromatic nitrogens is 2. The summed E-state index contributed by atoms with van der Waals surface area (Å²) >= 11 is 0. The maximum atomic E-state index is 5.61. The lowest BCUT2D eigenvalue weighted by molar-refractivity contribution is 1.12. The molecule has 0 saturated heterocycles. The van der Waals surface area contributed by atoms with Crippen LogP contribution < -0.4 is 5.73 Å². The Morgan fingerprint density at radius 1 is 1.07 bits per heavy atom. The molecule has 3 nitrogen and oxygen atoms in total. The van der Waals surface area contributed by atoms with Gasteiger partial charge < -0.3 is 5.73 Å². The first-order valence-corrected chi connectivity index (χ1v) is 4.83. The van der Waals surface area contributed by atoms with Crippen LogP contribution in [0.25, 0.3) is 11.3 Å². The van der Waals surface area contributed by atoms with Crippen LogP contribution in [0.5, 0.6) is 0 Å². The Morgan fingerprint density at radius 3 is 2.53 bits per heavy atom. The Balaban J connectivity index is 2.54. The van der Waals surface area contributed by atoms with Crippen LogP contribution in [0.15, 0.2) is 30.3 Å². The molecule has 0 unspecified atom stereocenters. The molecule has 15 heavy (non-hydrogen) atoms. The van der Waals surface area contributed by atoms with Crippen molar-refractivity contribution in [1.82, 2.24) is 9.97 Å². The van der Waals surface area contributed by atoms with Crippen LogP contribution in [0.4, 0.5) is 5.95 Å². The van der Waals surface area contributed by atoms with Crippen molar-refractivity contribution in [2.75, 3.05) is 5.73 Å². The van der Waals surface area contributed by atoms with Crippen LogP contribution in [0.2, 0.25) is 0 Å². The lowest BCUT2D eigenvalue weighted by Gasteiger charge is -2.04. The highest BCUT2D eigenvalue weighted by Gasteiger charge is 2.02. The first-order chi connectivity index (χ1) is 7.15. The van der Waals surface area contributed by atoms with Crippen LogP contribution in [-0.2, 0) is 0 Å². The number of rotatable bonds is 1. The van der Waals surface area contributed by atoms with Crippen molar-refractivity contribution in [3.8, 4) is 11.3 Å². The van der Waals surface area contributed by atoms with Crippen molar-refractivity contribution in [1.29, 1.82) is 0 Å². The maximum Gasteiger partial charge on any atom is 0.220 e. The average Bonchev–Trinajstić information content (AvgIpc) is 2.16. The molecular weight excluding hydrogens is 186 g/mol. The molecule has 3 heteroatoms. The van der Waals surface area contributed by atoms with E-state index in [1.165, 1.54) is 5.56 Å². The quantitative estimate of drug-likeness (QED) is 0.767. The predicted octanol–water partition coefficient (Wildman–Crippen LogP) is 2.34. The van der Waals surface area contributed by atoms with E-state index < -0.39 is 0 Å². The number of anilines is 1. The summed E-state index contributed by atoms with van der Waals surface area (Å²) in [6.07, 6.45) is 0. The summed E-state index contributed by atoms with van der Waals surface area (Å²) in [4.78, 5) is 8.26. The number of nitrogens with two attached hydrogens (primary N) is 1. The summed E-state index contributed by atoms with van der Waals surface area (Å²) in [5.74, 6) is 0.325. The van der Waals surface area contributed by atoms with Gasteiger partial charge in [-0.05, 0) is 26.0 Å². The van der Waals surface area contributed by atoms with Crippen LogP contribution in [-0.4, -0.2) is 9.97 Å². The van der Waals surface area contributed by atoms with Crippen LogP contribution in [0, 0.1) is 13.8 Å². The normalized spacial score (nSPS) is 10.3. The van der Waals surface area contributed by atoms with E-state index >= 15 is 0 Å². The lowest BCUT2D eigenvalue weighted by atomic mass is 10.1. The lowest BCUT2D eigenvalue weighted by Crippen LogP contribution is -1.98. The van der Waals surface area contributed by atoms with Gasteiger partial charge in [0.2, 0.25) is 5.95 Å². The third-order valence-electron chi connectivity index (χ3n) is 2.19. The van der Waals surface area contributed by atoms with Gasteiger partial charge in [-0.25, -0.2) is 9.97 Å². The van der Waals surface area contributed by atoms with E-state index in [0.717, 1.165) is 17.0 Å². The largest absolute Gasteiger partial charge is 0.368 e. The first-order valence-electron chi connectivity index (χ1n) is 4.83. The summed E-state index contributed by atoms with van der Waals surface area (Å²) in [5.41, 5.74) is 9.67. The number of nitrogens with zero attached hydrogens (tertiary/aromatic N) is 2. The molecule has 76 valence electrons. The molecule has 1 heterocycles. The Kier molecular flexibility index (Phi) is 2.37. The van der Waals surface area contributed by atoms with Gasteiger partial charge >= 0.3 is 0 Å². The molecule has 2 rings (SSSR count). The Bertz CT molecular complexity index is 472. The highest BCUT2D eigenvalue weighted by Crippen LogP contribution is 2.19. The Hall–Kier alpha value is -1.90. The molecule has 0 atom stereocenters. The van der Waals surface area contributed by atoms with E-state index in [-0.39, 0.29) is 0 Å². The molecule has 1 aromatic heterocycles. The number of hydrogen-bond donors (Lipinski definition) is 1. The third-order valence-corrected chi connectivity index (χ3v) is 2.19. The highest BCUT2D eigenvalue weighted by atomic mass is 15.0. The van der Waals surface area contributed by atoms with E-state index in [9.17, 15) is 0 Å². The van der Waals surface area contributed by atoms with E-state index in [1.54, 1.807) is 0 Å². The Morgan fingerprint density at radius 2 is 1.87 bits per heavy atom. The molecule has 0 spiro atoms. The van der Waals surface area contributed by atoms with Crippen molar-refractivity contribution in [2.24, 2.45) is 0 Å². The number of nitrogen functional groups attached to an aromatic ring is 1. The third kappa shape index (κ3) is 2.13. The molecule has 0 saturated carbocycles. The number of benzene rings is 1. The summed E-state index contributed by atoms with van der Waals surface area (Å²) in [5, 5.41) is 0. The van der Waals surface area contributed by atoms with Gasteiger partial charge in [0.05, 0.1) is 5.69 Å². The second-order valence-corrected chi connectivity index (χ2v) is 3.62. The van der Waals surface area contributed by atoms with Gasteiger partial charge in [0.15, 0.2) is 0 Å². The van der Waals surface area contributed by atoms with Crippen molar-refractivity contribution in [3.63, 3.8) is 0 Å². The predicted molar refractivity (Wildman–Crippen MR) is 61.4 cm³/mol. The second kappa shape index (κ2) is 3.69. The van der Waals surface area contributed by atoms with Gasteiger partial charge in [0, 0.05) is 11.3 Å². The van der Waals surface area contributed by atoms with E-state index in [4.69, 9.17) is 5.73 Å². The fraction of sp³-hybridized carbons (Fsp3) is 0.167. The first kappa shape index (κ1) is 9.65. The molecule has 2 aromatic rings. The summed E-state index contributed by atoms with van der Waals surface area (Å²) < 4.78 is 0. The SMILES string of the molecule is Cc1cccc(-c2cc(C)nc(N)n2)c1. The molecule has 0 fully saturated rings. The molecule has 0 radical (unpaired) electrons. The zero-order valence-electron chi connectivity index (χ0n) is 8.86. The van der Waals surface area contributed by atoms with Gasteiger partial charge in [-0.15, -0.1) is 0 Å². The van der Waals surface area contributed by atoms with Gasteiger partial charge in [-0.1, -0.05) is 23.8 Å². The summed E-state index contributed by atoms with van der Waals surface area (Å²) in [6.45, 7) is 3.97. The zero-order chi connectivity index (χ0) is 10.8. The van der Waals surface area contributed by atoms with Gasteiger partial charge in [-0.2, -0.15) is 0 Å².